The van der Waals surface area contributed by atoms with Crippen molar-refractivity contribution in [1.82, 2.24) is 4.31 Å². The molecule has 0 aliphatic heterocycles. The standard InChI is InChI=1S/C13H13ClN2O2S/c1-3-7-16(8-4-2)19(17,18)13-6-5-11(10-15)9-12(13)14/h3-6,9H,1-2,7-8H2. The van der Waals surface area contributed by atoms with Crippen molar-refractivity contribution in [1.29, 1.82) is 5.26 Å². The molecule has 0 spiro atoms. The zero-order valence-corrected chi connectivity index (χ0v) is 11.8. The molecule has 0 unspecified atom stereocenters. The van der Waals surface area contributed by atoms with Gasteiger partial charge in [0.1, 0.15) is 4.90 Å². The Morgan fingerprint density at radius 3 is 2.32 bits per heavy atom. The SMILES string of the molecule is C=CCN(CC=C)S(=O)(=O)c1ccc(C#N)cc1Cl. The van der Waals surface area contributed by atoms with Gasteiger partial charge < -0.3 is 0 Å². The molecule has 0 atom stereocenters. The molecule has 0 amide bonds. The minimum absolute atomic E-state index is 0.0252. The largest absolute Gasteiger partial charge is 0.245 e. The highest BCUT2D eigenvalue weighted by molar-refractivity contribution is 7.89. The number of rotatable bonds is 6. The molecule has 100 valence electrons. The van der Waals surface area contributed by atoms with Crippen molar-refractivity contribution >= 4 is 21.6 Å². The molecular weight excluding hydrogens is 284 g/mol. The third-order valence-electron chi connectivity index (χ3n) is 2.34. The monoisotopic (exact) mass is 296 g/mol. The second-order valence-electron chi connectivity index (χ2n) is 3.66. The van der Waals surface area contributed by atoms with Gasteiger partial charge in [-0.25, -0.2) is 8.42 Å². The Balaban J connectivity index is 3.29. The van der Waals surface area contributed by atoms with Gasteiger partial charge in [0.05, 0.1) is 16.7 Å². The summed E-state index contributed by atoms with van der Waals surface area (Å²) < 4.78 is 26.0. The van der Waals surface area contributed by atoms with Crippen molar-refractivity contribution in [2.24, 2.45) is 0 Å². The van der Waals surface area contributed by atoms with E-state index in [1.807, 2.05) is 6.07 Å². The van der Waals surface area contributed by atoms with Crippen LogP contribution in [0.3, 0.4) is 0 Å². The van der Waals surface area contributed by atoms with E-state index in [9.17, 15) is 8.42 Å². The Labute approximate surface area is 118 Å². The Morgan fingerprint density at radius 1 is 1.32 bits per heavy atom. The van der Waals surface area contributed by atoms with Crippen LogP contribution in [0.25, 0.3) is 0 Å². The van der Waals surface area contributed by atoms with Crippen molar-refractivity contribution < 1.29 is 8.42 Å². The summed E-state index contributed by atoms with van der Waals surface area (Å²) in [7, 11) is -3.73. The highest BCUT2D eigenvalue weighted by Crippen LogP contribution is 2.25. The highest BCUT2D eigenvalue weighted by atomic mass is 35.5. The molecular formula is C13H13ClN2O2S. The topological polar surface area (TPSA) is 61.2 Å². The summed E-state index contributed by atoms with van der Waals surface area (Å²) in [6.07, 6.45) is 2.97. The summed E-state index contributed by atoms with van der Waals surface area (Å²) in [6, 6.07) is 5.97. The van der Waals surface area contributed by atoms with E-state index in [4.69, 9.17) is 16.9 Å². The van der Waals surface area contributed by atoms with Gasteiger partial charge in [0.2, 0.25) is 10.0 Å². The predicted octanol–water partition coefficient (Wildman–Crippen LogP) is 2.57. The third-order valence-corrected chi connectivity index (χ3v) is 4.66. The van der Waals surface area contributed by atoms with Gasteiger partial charge in [-0.1, -0.05) is 23.8 Å². The average Bonchev–Trinajstić information content (AvgIpc) is 2.38. The van der Waals surface area contributed by atoms with Crippen LogP contribution >= 0.6 is 11.6 Å². The van der Waals surface area contributed by atoms with Crippen molar-refractivity contribution in [3.63, 3.8) is 0 Å². The first-order valence-corrected chi connectivity index (χ1v) is 7.20. The average molecular weight is 297 g/mol. The maximum absolute atomic E-state index is 12.4. The molecule has 1 aromatic rings. The molecule has 0 radical (unpaired) electrons. The van der Waals surface area contributed by atoms with Crippen LogP contribution in [-0.4, -0.2) is 25.8 Å². The van der Waals surface area contributed by atoms with E-state index in [0.29, 0.717) is 5.56 Å². The first-order chi connectivity index (χ1) is 8.97. The lowest BCUT2D eigenvalue weighted by Crippen LogP contribution is -2.31. The van der Waals surface area contributed by atoms with Crippen LogP contribution in [0.1, 0.15) is 5.56 Å². The van der Waals surface area contributed by atoms with Crippen molar-refractivity contribution in [2.75, 3.05) is 13.1 Å². The Bertz CT molecular complexity index is 623. The molecule has 4 nitrogen and oxygen atoms in total. The van der Waals surface area contributed by atoms with E-state index in [-0.39, 0.29) is 23.0 Å². The van der Waals surface area contributed by atoms with Crippen molar-refractivity contribution in [2.45, 2.75) is 4.90 Å². The van der Waals surface area contributed by atoms with E-state index >= 15 is 0 Å². The summed E-state index contributed by atoms with van der Waals surface area (Å²) in [5.41, 5.74) is 0.308. The number of hydrogen-bond acceptors (Lipinski definition) is 3. The molecule has 0 aromatic heterocycles. The molecule has 0 aliphatic rings. The first kappa shape index (κ1) is 15.4. The normalized spacial score (nSPS) is 11.0. The fraction of sp³-hybridized carbons (Fsp3) is 0.154. The Kier molecular flexibility index (Phi) is 5.31. The van der Waals surface area contributed by atoms with Crippen LogP contribution in [0.15, 0.2) is 48.4 Å². The maximum Gasteiger partial charge on any atom is 0.245 e. The number of nitriles is 1. The van der Waals surface area contributed by atoms with Crippen LogP contribution < -0.4 is 0 Å². The number of sulfonamides is 1. The molecule has 0 N–H and O–H groups in total. The molecule has 6 heteroatoms. The minimum Gasteiger partial charge on any atom is -0.207 e. The number of benzene rings is 1. The second kappa shape index (κ2) is 6.53. The van der Waals surface area contributed by atoms with Gasteiger partial charge in [0, 0.05) is 13.1 Å². The van der Waals surface area contributed by atoms with Crippen LogP contribution in [0, 0.1) is 11.3 Å². The highest BCUT2D eigenvalue weighted by Gasteiger charge is 2.25. The zero-order valence-electron chi connectivity index (χ0n) is 10.2. The van der Waals surface area contributed by atoms with E-state index in [2.05, 4.69) is 13.2 Å². The summed E-state index contributed by atoms with van der Waals surface area (Å²) in [4.78, 5) is -0.0307. The number of hydrogen-bond donors (Lipinski definition) is 0. The van der Waals surface area contributed by atoms with Crippen molar-refractivity contribution in [3.8, 4) is 6.07 Å². The van der Waals surface area contributed by atoms with Gasteiger partial charge in [-0.2, -0.15) is 9.57 Å². The fourth-order valence-electron chi connectivity index (χ4n) is 1.48. The third kappa shape index (κ3) is 3.44. The lowest BCUT2D eigenvalue weighted by molar-refractivity contribution is 0.474. The van der Waals surface area contributed by atoms with Crippen LogP contribution in [0.4, 0.5) is 0 Å². The van der Waals surface area contributed by atoms with Gasteiger partial charge in [0.15, 0.2) is 0 Å². The summed E-state index contributed by atoms with van der Waals surface area (Å²) in [5, 5.41) is 8.76. The summed E-state index contributed by atoms with van der Waals surface area (Å²) in [5.74, 6) is 0. The van der Waals surface area contributed by atoms with Gasteiger partial charge in [-0.3, -0.25) is 0 Å². The second-order valence-corrected chi connectivity index (χ2v) is 5.97. The molecule has 1 rings (SSSR count). The Hall–Kier alpha value is -1.61. The number of halogens is 1. The molecule has 1 aromatic carbocycles. The van der Waals surface area contributed by atoms with Gasteiger partial charge in [-0.15, -0.1) is 13.2 Å². The summed E-state index contributed by atoms with van der Waals surface area (Å²) >= 11 is 5.93. The molecule has 19 heavy (non-hydrogen) atoms. The van der Waals surface area contributed by atoms with E-state index in [1.165, 1.54) is 34.7 Å². The molecule has 0 saturated heterocycles. The maximum atomic E-state index is 12.4. The van der Waals surface area contributed by atoms with Gasteiger partial charge >= 0.3 is 0 Å². The molecule has 0 fully saturated rings. The van der Waals surface area contributed by atoms with Crippen LogP contribution in [0.2, 0.25) is 5.02 Å². The quantitative estimate of drug-likeness (QED) is 0.758. The number of nitrogens with zero attached hydrogens (tertiary/aromatic N) is 2. The first-order valence-electron chi connectivity index (χ1n) is 5.39. The smallest absolute Gasteiger partial charge is 0.207 e. The predicted molar refractivity (Wildman–Crippen MR) is 75.3 cm³/mol. The van der Waals surface area contributed by atoms with Crippen LogP contribution in [0.5, 0.6) is 0 Å². The lowest BCUT2D eigenvalue weighted by atomic mass is 10.2. The zero-order chi connectivity index (χ0) is 14.5. The molecule has 0 aliphatic carbocycles. The minimum atomic E-state index is -3.73. The fourth-order valence-corrected chi connectivity index (χ4v) is 3.38. The van der Waals surface area contributed by atoms with E-state index < -0.39 is 10.0 Å². The summed E-state index contributed by atoms with van der Waals surface area (Å²) in [6.45, 7) is 7.36. The molecule has 0 heterocycles. The van der Waals surface area contributed by atoms with Gasteiger partial charge in [0.25, 0.3) is 0 Å². The van der Waals surface area contributed by atoms with E-state index in [1.54, 1.807) is 0 Å². The Morgan fingerprint density at radius 2 is 1.89 bits per heavy atom. The van der Waals surface area contributed by atoms with E-state index in [0.717, 1.165) is 0 Å². The lowest BCUT2D eigenvalue weighted by Gasteiger charge is -2.19. The molecule has 0 bridgehead atoms. The van der Waals surface area contributed by atoms with Gasteiger partial charge in [-0.05, 0) is 18.2 Å². The van der Waals surface area contributed by atoms with Crippen LogP contribution in [-0.2, 0) is 10.0 Å². The van der Waals surface area contributed by atoms with Crippen molar-refractivity contribution in [3.05, 3.63) is 54.1 Å². The molecule has 0 saturated carbocycles.